The molecule has 0 aromatic heterocycles. The van der Waals surface area contributed by atoms with Crippen molar-refractivity contribution < 1.29 is 14.4 Å². The fraction of sp³-hybridized carbons (Fsp3) is 0.267. The molecule has 0 unspecified atom stereocenters. The van der Waals surface area contributed by atoms with Crippen molar-refractivity contribution in [1.29, 1.82) is 0 Å². The maximum Gasteiger partial charge on any atom is 0.254 e. The van der Waals surface area contributed by atoms with Gasteiger partial charge in [-0.1, -0.05) is 17.7 Å². The number of hydrogen-bond donors (Lipinski definition) is 3. The highest BCUT2D eigenvalue weighted by Crippen LogP contribution is 2.15. The Hall–Kier alpha value is -2.63. The molecule has 0 saturated heterocycles. The molecule has 0 bridgehead atoms. The number of hydrogen-bond acceptors (Lipinski definition) is 3. The average molecular weight is 289 g/mol. The summed E-state index contributed by atoms with van der Waals surface area (Å²) in [7, 11) is 0. The molecule has 1 atom stereocenters. The summed E-state index contributed by atoms with van der Waals surface area (Å²) >= 11 is 0. The van der Waals surface area contributed by atoms with Crippen LogP contribution >= 0.6 is 0 Å². The number of rotatable bonds is 6. The van der Waals surface area contributed by atoms with Gasteiger partial charge >= 0.3 is 0 Å². The van der Waals surface area contributed by atoms with E-state index in [1.54, 1.807) is 31.2 Å². The molecular formula is C15H19N3O3. The molecule has 4 N–H and O–H groups in total. The molecule has 0 heterocycles. The van der Waals surface area contributed by atoms with Crippen molar-refractivity contribution in [3.05, 3.63) is 42.0 Å². The van der Waals surface area contributed by atoms with E-state index in [-0.39, 0.29) is 17.9 Å². The van der Waals surface area contributed by atoms with Crippen LogP contribution in [-0.4, -0.2) is 23.8 Å². The van der Waals surface area contributed by atoms with Crippen LogP contribution in [0.4, 0.5) is 5.69 Å². The van der Waals surface area contributed by atoms with E-state index in [0.29, 0.717) is 5.69 Å². The Morgan fingerprint density at radius 2 is 1.86 bits per heavy atom. The molecule has 6 heteroatoms. The Bertz CT molecular complexity index is 581. The summed E-state index contributed by atoms with van der Waals surface area (Å²) in [6.45, 7) is 6.79. The van der Waals surface area contributed by atoms with Gasteiger partial charge in [-0.3, -0.25) is 14.4 Å². The average Bonchev–Trinajstić information content (AvgIpc) is 2.37. The van der Waals surface area contributed by atoms with Crippen LogP contribution in [0, 0.1) is 0 Å². The molecular weight excluding hydrogens is 270 g/mol. The number of carbonyl (C=O) groups excluding carboxylic acids is 3. The number of anilines is 1. The maximum atomic E-state index is 12.2. The van der Waals surface area contributed by atoms with Crippen LogP contribution in [0.1, 0.15) is 30.6 Å². The van der Waals surface area contributed by atoms with Gasteiger partial charge in [-0.25, -0.2) is 0 Å². The molecule has 0 radical (unpaired) electrons. The number of para-hydroxylation sites is 1. The first-order valence-corrected chi connectivity index (χ1v) is 6.42. The molecule has 0 aliphatic carbocycles. The summed E-state index contributed by atoms with van der Waals surface area (Å²) < 4.78 is 0. The topological polar surface area (TPSA) is 101 Å². The van der Waals surface area contributed by atoms with Gasteiger partial charge in [0.1, 0.15) is 6.04 Å². The lowest BCUT2D eigenvalue weighted by Crippen LogP contribution is -2.44. The smallest absolute Gasteiger partial charge is 0.254 e. The zero-order valence-corrected chi connectivity index (χ0v) is 12.1. The minimum atomic E-state index is -0.833. The van der Waals surface area contributed by atoms with E-state index in [0.717, 1.165) is 5.57 Å². The Morgan fingerprint density at radius 1 is 1.24 bits per heavy atom. The molecule has 1 aromatic rings. The molecule has 21 heavy (non-hydrogen) atoms. The standard InChI is InChI=1S/C15H19N3O3/c1-9(2)8-13(14(16)20)18-15(21)11-6-4-5-7-12(11)17-10(3)19/h4-7,13H,1,8H2,2-3H3,(H2,16,20)(H,17,19)(H,18,21)/t13-/m0/s1. The predicted molar refractivity (Wildman–Crippen MR) is 80.6 cm³/mol. The lowest BCUT2D eigenvalue weighted by Gasteiger charge is -2.17. The number of benzene rings is 1. The number of carbonyl (C=O) groups is 3. The summed E-state index contributed by atoms with van der Waals surface area (Å²) in [6, 6.07) is 5.69. The third kappa shape index (κ3) is 5.10. The summed E-state index contributed by atoms with van der Waals surface area (Å²) in [5.74, 6) is -1.41. The van der Waals surface area contributed by atoms with Crippen molar-refractivity contribution in [2.75, 3.05) is 5.32 Å². The van der Waals surface area contributed by atoms with Crippen molar-refractivity contribution >= 4 is 23.4 Å². The highest BCUT2D eigenvalue weighted by Gasteiger charge is 2.20. The van der Waals surface area contributed by atoms with Crippen molar-refractivity contribution in [2.45, 2.75) is 26.3 Å². The Labute approximate surface area is 123 Å². The van der Waals surface area contributed by atoms with Crippen molar-refractivity contribution in [1.82, 2.24) is 5.32 Å². The normalized spacial score (nSPS) is 11.3. The maximum absolute atomic E-state index is 12.2. The fourth-order valence-corrected chi connectivity index (χ4v) is 1.79. The van der Waals surface area contributed by atoms with E-state index in [4.69, 9.17) is 5.73 Å². The van der Waals surface area contributed by atoms with Crippen LogP contribution in [0.2, 0.25) is 0 Å². The van der Waals surface area contributed by atoms with Crippen molar-refractivity contribution in [2.24, 2.45) is 5.73 Å². The third-order valence-corrected chi connectivity index (χ3v) is 2.68. The monoisotopic (exact) mass is 289 g/mol. The lowest BCUT2D eigenvalue weighted by atomic mass is 10.1. The van der Waals surface area contributed by atoms with E-state index in [1.165, 1.54) is 6.92 Å². The first-order valence-electron chi connectivity index (χ1n) is 6.42. The van der Waals surface area contributed by atoms with Crippen LogP contribution < -0.4 is 16.4 Å². The van der Waals surface area contributed by atoms with Crippen LogP contribution in [0.25, 0.3) is 0 Å². The second-order valence-corrected chi connectivity index (χ2v) is 4.82. The van der Waals surface area contributed by atoms with Crippen LogP contribution in [-0.2, 0) is 9.59 Å². The lowest BCUT2D eigenvalue weighted by molar-refractivity contribution is -0.119. The van der Waals surface area contributed by atoms with Crippen LogP contribution in [0.5, 0.6) is 0 Å². The fourth-order valence-electron chi connectivity index (χ4n) is 1.79. The second kappa shape index (κ2) is 7.23. The molecule has 0 saturated carbocycles. The second-order valence-electron chi connectivity index (χ2n) is 4.82. The first-order chi connectivity index (χ1) is 9.81. The van der Waals surface area contributed by atoms with E-state index in [1.807, 2.05) is 0 Å². The van der Waals surface area contributed by atoms with Crippen molar-refractivity contribution in [3.63, 3.8) is 0 Å². The Balaban J connectivity index is 2.94. The minimum absolute atomic E-state index is 0.265. The molecule has 1 rings (SSSR count). The molecule has 3 amide bonds. The summed E-state index contributed by atoms with van der Waals surface area (Å²) in [4.78, 5) is 34.7. The molecule has 1 aromatic carbocycles. The van der Waals surface area contributed by atoms with Gasteiger partial charge in [0.25, 0.3) is 5.91 Å². The third-order valence-electron chi connectivity index (χ3n) is 2.68. The van der Waals surface area contributed by atoms with Crippen molar-refractivity contribution in [3.8, 4) is 0 Å². The minimum Gasteiger partial charge on any atom is -0.368 e. The molecule has 6 nitrogen and oxygen atoms in total. The quantitative estimate of drug-likeness (QED) is 0.686. The highest BCUT2D eigenvalue weighted by atomic mass is 16.2. The summed E-state index contributed by atoms with van der Waals surface area (Å²) in [5.41, 5.74) is 6.64. The van der Waals surface area contributed by atoms with Gasteiger partial charge in [0.05, 0.1) is 11.3 Å². The van der Waals surface area contributed by atoms with Gasteiger partial charge in [-0.2, -0.15) is 0 Å². The van der Waals surface area contributed by atoms with Gasteiger partial charge in [0.2, 0.25) is 11.8 Å². The van der Waals surface area contributed by atoms with Gasteiger partial charge in [0.15, 0.2) is 0 Å². The molecule has 112 valence electrons. The van der Waals surface area contributed by atoms with E-state index in [2.05, 4.69) is 17.2 Å². The molecule has 0 fully saturated rings. The Kier molecular flexibility index (Phi) is 5.66. The zero-order chi connectivity index (χ0) is 16.0. The Morgan fingerprint density at radius 3 is 2.38 bits per heavy atom. The van der Waals surface area contributed by atoms with Gasteiger partial charge in [0, 0.05) is 6.92 Å². The van der Waals surface area contributed by atoms with Crippen LogP contribution in [0.15, 0.2) is 36.4 Å². The number of amides is 3. The number of primary amides is 1. The number of nitrogens with two attached hydrogens (primary N) is 1. The zero-order valence-electron chi connectivity index (χ0n) is 12.1. The van der Waals surface area contributed by atoms with Crippen LogP contribution in [0.3, 0.4) is 0 Å². The largest absolute Gasteiger partial charge is 0.368 e. The van der Waals surface area contributed by atoms with E-state index >= 15 is 0 Å². The number of nitrogens with one attached hydrogen (secondary N) is 2. The van der Waals surface area contributed by atoms with Gasteiger partial charge in [-0.15, -0.1) is 6.58 Å². The first kappa shape index (κ1) is 16.4. The van der Waals surface area contributed by atoms with Gasteiger partial charge < -0.3 is 16.4 Å². The molecule has 0 aliphatic heterocycles. The summed E-state index contributed by atoms with van der Waals surface area (Å²) in [6.07, 6.45) is 0.267. The molecule has 0 aliphatic rings. The SMILES string of the molecule is C=C(C)C[C@H](NC(=O)c1ccccc1NC(C)=O)C(N)=O. The van der Waals surface area contributed by atoms with E-state index in [9.17, 15) is 14.4 Å². The predicted octanol–water partition coefficient (Wildman–Crippen LogP) is 1.19. The van der Waals surface area contributed by atoms with E-state index < -0.39 is 17.9 Å². The van der Waals surface area contributed by atoms with Gasteiger partial charge in [-0.05, 0) is 25.5 Å². The molecule has 0 spiro atoms. The summed E-state index contributed by atoms with van der Waals surface area (Å²) in [5, 5.41) is 5.12. The highest BCUT2D eigenvalue weighted by molar-refractivity contribution is 6.04.